The van der Waals surface area contributed by atoms with Crippen LogP contribution in [0.5, 0.6) is 0 Å². The van der Waals surface area contributed by atoms with E-state index in [-0.39, 0.29) is 16.5 Å². The number of hydrogen-bond acceptors (Lipinski definition) is 3. The molecule has 3 rings (SSSR count). The van der Waals surface area contributed by atoms with Gasteiger partial charge in [0.2, 0.25) is 0 Å². The predicted molar refractivity (Wildman–Crippen MR) is 105 cm³/mol. The average Bonchev–Trinajstić information content (AvgIpc) is 2.86. The van der Waals surface area contributed by atoms with Crippen molar-refractivity contribution in [3.8, 4) is 0 Å². The van der Waals surface area contributed by atoms with Gasteiger partial charge in [-0.2, -0.15) is 0 Å². The molecule has 1 fully saturated rings. The third-order valence-corrected chi connectivity index (χ3v) is 5.49. The molecule has 0 radical (unpaired) electrons. The van der Waals surface area contributed by atoms with Crippen molar-refractivity contribution in [2.45, 2.75) is 64.5 Å². The van der Waals surface area contributed by atoms with Crippen LogP contribution in [0.1, 0.15) is 57.4 Å². The van der Waals surface area contributed by atoms with Gasteiger partial charge >= 0.3 is 5.69 Å². The number of H-pyrrole nitrogens is 2. The van der Waals surface area contributed by atoms with Gasteiger partial charge in [0, 0.05) is 23.8 Å². The van der Waals surface area contributed by atoms with Crippen molar-refractivity contribution in [3.05, 3.63) is 68.0 Å². The summed E-state index contributed by atoms with van der Waals surface area (Å²) in [5.41, 5.74) is 2.75. The van der Waals surface area contributed by atoms with E-state index in [1.807, 2.05) is 0 Å². The van der Waals surface area contributed by atoms with Crippen LogP contribution >= 0.6 is 0 Å². The van der Waals surface area contributed by atoms with Gasteiger partial charge in [0.25, 0.3) is 5.56 Å². The van der Waals surface area contributed by atoms with Crippen LogP contribution in [-0.4, -0.2) is 27.0 Å². The summed E-state index contributed by atoms with van der Waals surface area (Å²) in [6.07, 6.45) is 3.20. The number of nitrogens with one attached hydrogen (secondary N) is 2. The standard InChI is InChI=1S/C21H29N3O2/c1-20(2,3)16-8-6-15(7-9-16)13-21(4)10-5-11-24(21)14-17-12-18(25)23-19(26)22-17/h6-9,12H,5,10-11,13-14H2,1-4H3,(H2,22,23,25,26). The zero-order valence-electron chi connectivity index (χ0n) is 16.2. The normalized spacial score (nSPS) is 21.2. The molecular weight excluding hydrogens is 326 g/mol. The summed E-state index contributed by atoms with van der Waals surface area (Å²) in [5.74, 6) is 0. The monoisotopic (exact) mass is 355 g/mol. The molecule has 1 aliphatic rings. The highest BCUT2D eigenvalue weighted by atomic mass is 16.2. The molecule has 2 heterocycles. The molecule has 1 unspecified atom stereocenters. The summed E-state index contributed by atoms with van der Waals surface area (Å²) < 4.78 is 0. The molecule has 1 aromatic carbocycles. The fourth-order valence-electron chi connectivity index (χ4n) is 3.92. The highest BCUT2D eigenvalue weighted by Crippen LogP contribution is 2.34. The van der Waals surface area contributed by atoms with Crippen LogP contribution in [-0.2, 0) is 18.4 Å². The topological polar surface area (TPSA) is 69.0 Å². The molecule has 2 N–H and O–H groups in total. The molecule has 5 nitrogen and oxygen atoms in total. The van der Waals surface area contributed by atoms with Crippen LogP contribution < -0.4 is 11.2 Å². The molecule has 0 spiro atoms. The SMILES string of the molecule is CC(C)(C)c1ccc(CC2(C)CCCN2Cc2cc(=O)[nH]c(=O)[nH]2)cc1. The molecule has 2 aromatic rings. The van der Waals surface area contributed by atoms with Crippen LogP contribution in [0.2, 0.25) is 0 Å². The minimum absolute atomic E-state index is 0.0305. The van der Waals surface area contributed by atoms with Gasteiger partial charge in [0.15, 0.2) is 0 Å². The molecule has 0 amide bonds. The average molecular weight is 355 g/mol. The van der Waals surface area contributed by atoms with E-state index in [1.54, 1.807) is 0 Å². The Labute approximate surface area is 154 Å². The number of likely N-dealkylation sites (tertiary alicyclic amines) is 1. The smallest absolute Gasteiger partial charge is 0.310 e. The Hall–Kier alpha value is -2.14. The van der Waals surface area contributed by atoms with Crippen LogP contribution in [0.25, 0.3) is 0 Å². The summed E-state index contributed by atoms with van der Waals surface area (Å²) in [6.45, 7) is 10.5. The fourth-order valence-corrected chi connectivity index (χ4v) is 3.92. The van der Waals surface area contributed by atoms with E-state index in [2.05, 4.69) is 66.8 Å². The first-order valence-corrected chi connectivity index (χ1v) is 9.33. The Morgan fingerprint density at radius 3 is 2.42 bits per heavy atom. The first-order valence-electron chi connectivity index (χ1n) is 9.33. The maximum absolute atomic E-state index is 11.6. The van der Waals surface area contributed by atoms with Gasteiger partial charge in [-0.25, -0.2) is 4.79 Å². The van der Waals surface area contributed by atoms with E-state index in [1.165, 1.54) is 17.2 Å². The molecular formula is C21H29N3O2. The lowest BCUT2D eigenvalue weighted by atomic mass is 9.85. The van der Waals surface area contributed by atoms with E-state index in [4.69, 9.17) is 0 Å². The van der Waals surface area contributed by atoms with Crippen molar-refractivity contribution in [1.82, 2.24) is 14.9 Å². The zero-order valence-corrected chi connectivity index (χ0v) is 16.2. The lowest BCUT2D eigenvalue weighted by molar-refractivity contribution is 0.145. The van der Waals surface area contributed by atoms with Gasteiger partial charge in [-0.15, -0.1) is 0 Å². The lowest BCUT2D eigenvalue weighted by Gasteiger charge is -2.35. The Kier molecular flexibility index (Phi) is 4.93. The second-order valence-corrected chi connectivity index (χ2v) is 8.76. The minimum Gasteiger partial charge on any atom is -0.310 e. The van der Waals surface area contributed by atoms with E-state index in [9.17, 15) is 9.59 Å². The van der Waals surface area contributed by atoms with Gasteiger partial charge in [-0.3, -0.25) is 14.7 Å². The highest BCUT2D eigenvalue weighted by molar-refractivity contribution is 5.28. The number of aromatic nitrogens is 2. The summed E-state index contributed by atoms with van der Waals surface area (Å²) in [5, 5.41) is 0. The molecule has 26 heavy (non-hydrogen) atoms. The first kappa shape index (κ1) is 18.6. The first-order chi connectivity index (χ1) is 12.2. The Balaban J connectivity index is 1.77. The maximum Gasteiger partial charge on any atom is 0.325 e. The third-order valence-electron chi connectivity index (χ3n) is 5.49. The largest absolute Gasteiger partial charge is 0.325 e. The second kappa shape index (κ2) is 6.88. The molecule has 0 aliphatic carbocycles. The molecule has 1 atom stereocenters. The molecule has 140 valence electrons. The Bertz CT molecular complexity index is 845. The number of hydrogen-bond donors (Lipinski definition) is 2. The molecule has 1 aliphatic heterocycles. The van der Waals surface area contributed by atoms with E-state index in [0.29, 0.717) is 12.2 Å². The Morgan fingerprint density at radius 1 is 1.12 bits per heavy atom. The minimum atomic E-state index is -0.439. The molecule has 1 aromatic heterocycles. The predicted octanol–water partition coefficient (Wildman–Crippen LogP) is 2.96. The molecule has 0 bridgehead atoms. The van der Waals surface area contributed by atoms with Crippen molar-refractivity contribution in [2.75, 3.05) is 6.54 Å². The third kappa shape index (κ3) is 4.15. The van der Waals surface area contributed by atoms with Crippen LogP contribution in [0, 0.1) is 0 Å². The zero-order chi connectivity index (χ0) is 18.9. The fraction of sp³-hybridized carbons (Fsp3) is 0.524. The van der Waals surface area contributed by atoms with Crippen LogP contribution in [0.15, 0.2) is 39.9 Å². The number of nitrogens with zero attached hydrogens (tertiary/aromatic N) is 1. The lowest BCUT2D eigenvalue weighted by Crippen LogP contribution is -2.43. The maximum atomic E-state index is 11.6. The molecule has 0 saturated carbocycles. The summed E-state index contributed by atoms with van der Waals surface area (Å²) in [6, 6.07) is 10.4. The van der Waals surface area contributed by atoms with E-state index in [0.717, 1.165) is 25.8 Å². The second-order valence-electron chi connectivity index (χ2n) is 8.76. The highest BCUT2D eigenvalue weighted by Gasteiger charge is 2.36. The van der Waals surface area contributed by atoms with Gasteiger partial charge in [-0.1, -0.05) is 45.0 Å². The summed E-state index contributed by atoms with van der Waals surface area (Å²) in [7, 11) is 0. The van der Waals surface area contributed by atoms with Gasteiger partial charge in [0.1, 0.15) is 0 Å². The van der Waals surface area contributed by atoms with Crippen molar-refractivity contribution in [2.24, 2.45) is 0 Å². The quantitative estimate of drug-likeness (QED) is 0.886. The number of aromatic amines is 2. The van der Waals surface area contributed by atoms with E-state index < -0.39 is 5.69 Å². The van der Waals surface area contributed by atoms with E-state index >= 15 is 0 Å². The van der Waals surface area contributed by atoms with Gasteiger partial charge in [0.05, 0.1) is 0 Å². The molecule has 1 saturated heterocycles. The van der Waals surface area contributed by atoms with Gasteiger partial charge in [-0.05, 0) is 49.3 Å². The number of rotatable bonds is 4. The molecule has 5 heteroatoms. The number of benzene rings is 1. The van der Waals surface area contributed by atoms with Crippen molar-refractivity contribution in [1.29, 1.82) is 0 Å². The van der Waals surface area contributed by atoms with Gasteiger partial charge < -0.3 is 4.98 Å². The van der Waals surface area contributed by atoms with Crippen molar-refractivity contribution >= 4 is 0 Å². The Morgan fingerprint density at radius 2 is 1.81 bits per heavy atom. The van der Waals surface area contributed by atoms with Crippen molar-refractivity contribution in [3.63, 3.8) is 0 Å². The van der Waals surface area contributed by atoms with Crippen LogP contribution in [0.4, 0.5) is 0 Å². The van der Waals surface area contributed by atoms with Crippen LogP contribution in [0.3, 0.4) is 0 Å². The summed E-state index contributed by atoms with van der Waals surface area (Å²) >= 11 is 0. The van der Waals surface area contributed by atoms with Crippen molar-refractivity contribution < 1.29 is 0 Å². The summed E-state index contributed by atoms with van der Waals surface area (Å²) in [4.78, 5) is 30.4.